The summed E-state index contributed by atoms with van der Waals surface area (Å²) in [7, 11) is 3.76. The zero-order valence-corrected chi connectivity index (χ0v) is 13.0. The maximum Gasteiger partial charge on any atom is 0.123 e. The molecule has 0 fully saturated rings. The number of fused-ring (bicyclic) bond motifs is 1. The molecule has 0 aliphatic carbocycles. The Hall–Kier alpha value is -0.190. The molecule has 0 saturated heterocycles. The van der Waals surface area contributed by atoms with E-state index in [0.717, 1.165) is 11.5 Å². The number of benzene rings is 1. The lowest BCUT2D eigenvalue weighted by molar-refractivity contribution is 0.404. The zero-order chi connectivity index (χ0) is 12.6. The Labute approximate surface area is 116 Å². The topological polar surface area (TPSA) is 21.3 Å². The lowest BCUT2D eigenvalue weighted by atomic mass is 9.91. The van der Waals surface area contributed by atoms with Crippen LogP contribution in [-0.2, 0) is 5.75 Å². The van der Waals surface area contributed by atoms with Gasteiger partial charge in [-0.2, -0.15) is 0 Å². The molecule has 0 aromatic heterocycles. The summed E-state index contributed by atoms with van der Waals surface area (Å²) < 4.78 is 6.83. The number of nitrogens with one attached hydrogen (secondary N) is 1. The van der Waals surface area contributed by atoms with E-state index in [1.54, 1.807) is 7.11 Å². The third-order valence-corrected chi connectivity index (χ3v) is 5.45. The van der Waals surface area contributed by atoms with Gasteiger partial charge < -0.3 is 10.1 Å². The molecule has 1 heterocycles. The van der Waals surface area contributed by atoms with E-state index in [-0.39, 0.29) is 4.75 Å². The second kappa shape index (κ2) is 4.82. The van der Waals surface area contributed by atoms with Gasteiger partial charge >= 0.3 is 0 Å². The van der Waals surface area contributed by atoms with Crippen molar-refractivity contribution in [1.29, 1.82) is 0 Å². The highest BCUT2D eigenvalue weighted by Crippen LogP contribution is 2.50. The normalized spacial score (nSPS) is 22.1. The maximum absolute atomic E-state index is 5.47. The molecule has 94 valence electrons. The van der Waals surface area contributed by atoms with Crippen LogP contribution in [0.4, 0.5) is 0 Å². The van der Waals surface area contributed by atoms with Crippen molar-refractivity contribution < 1.29 is 4.74 Å². The van der Waals surface area contributed by atoms with Gasteiger partial charge in [-0.3, -0.25) is 0 Å². The van der Waals surface area contributed by atoms with Crippen LogP contribution in [0, 0.1) is 0 Å². The van der Waals surface area contributed by atoms with Crippen LogP contribution in [0.3, 0.4) is 0 Å². The summed E-state index contributed by atoms with van der Waals surface area (Å²) >= 11 is 5.64. The van der Waals surface area contributed by atoms with E-state index in [1.807, 2.05) is 24.9 Å². The summed E-state index contributed by atoms with van der Waals surface area (Å²) in [6, 6.07) is 4.45. The van der Waals surface area contributed by atoms with E-state index in [1.165, 1.54) is 15.6 Å². The third-order valence-electron chi connectivity index (χ3n) is 3.34. The molecule has 1 unspecified atom stereocenters. The van der Waals surface area contributed by atoms with Crippen LogP contribution < -0.4 is 10.1 Å². The van der Waals surface area contributed by atoms with Crippen molar-refractivity contribution in [2.45, 2.75) is 30.4 Å². The van der Waals surface area contributed by atoms with Gasteiger partial charge in [0.2, 0.25) is 0 Å². The summed E-state index contributed by atoms with van der Waals surface area (Å²) in [4.78, 5) is 0. The van der Waals surface area contributed by atoms with Crippen molar-refractivity contribution in [3.63, 3.8) is 0 Å². The first-order valence-electron chi connectivity index (χ1n) is 5.67. The number of methoxy groups -OCH3 is 1. The van der Waals surface area contributed by atoms with Crippen LogP contribution >= 0.6 is 27.7 Å². The van der Waals surface area contributed by atoms with Crippen LogP contribution in [0.25, 0.3) is 0 Å². The Morgan fingerprint density at radius 3 is 2.76 bits per heavy atom. The molecular formula is C13H18BrNOS. The van der Waals surface area contributed by atoms with Gasteiger partial charge in [-0.1, -0.05) is 15.9 Å². The molecule has 0 spiro atoms. The second-order valence-corrected chi connectivity index (χ2v) is 7.24. The Morgan fingerprint density at radius 2 is 2.18 bits per heavy atom. The van der Waals surface area contributed by atoms with Crippen molar-refractivity contribution in [2.24, 2.45) is 0 Å². The number of hydrogen-bond acceptors (Lipinski definition) is 3. The molecule has 0 amide bonds. The van der Waals surface area contributed by atoms with Gasteiger partial charge in [-0.25, -0.2) is 0 Å². The van der Waals surface area contributed by atoms with Crippen molar-refractivity contribution in [2.75, 3.05) is 14.2 Å². The lowest BCUT2D eigenvalue weighted by Crippen LogP contribution is -2.38. The molecule has 0 bridgehead atoms. The smallest absolute Gasteiger partial charge is 0.123 e. The summed E-state index contributed by atoms with van der Waals surface area (Å²) in [5.41, 5.74) is 2.65. The summed E-state index contributed by atoms with van der Waals surface area (Å²) in [5, 5.41) is 3.44. The van der Waals surface area contributed by atoms with Gasteiger partial charge in [0.05, 0.1) is 7.11 Å². The van der Waals surface area contributed by atoms with Gasteiger partial charge in [-0.15, -0.1) is 11.8 Å². The maximum atomic E-state index is 5.47. The lowest BCUT2D eigenvalue weighted by Gasteiger charge is -2.40. The van der Waals surface area contributed by atoms with E-state index in [4.69, 9.17) is 4.74 Å². The van der Waals surface area contributed by atoms with E-state index in [9.17, 15) is 0 Å². The Kier molecular flexibility index (Phi) is 3.76. The monoisotopic (exact) mass is 315 g/mol. The van der Waals surface area contributed by atoms with Crippen LogP contribution in [0.2, 0.25) is 0 Å². The molecule has 2 nitrogen and oxygen atoms in total. The average Bonchev–Trinajstić information content (AvgIpc) is 2.29. The molecule has 1 aliphatic rings. The predicted octanol–water partition coefficient (Wildman–Crippen LogP) is 3.74. The third kappa shape index (κ3) is 2.23. The van der Waals surface area contributed by atoms with E-state index in [0.29, 0.717) is 6.04 Å². The number of thioether (sulfide) groups is 1. The molecule has 1 aliphatic heterocycles. The number of hydrogen-bond donors (Lipinski definition) is 1. The van der Waals surface area contributed by atoms with Gasteiger partial charge in [0.25, 0.3) is 0 Å². The molecule has 1 atom stereocenters. The van der Waals surface area contributed by atoms with Gasteiger partial charge in [0, 0.05) is 26.6 Å². The Bertz CT molecular complexity index is 434. The minimum atomic E-state index is 0.191. The summed E-state index contributed by atoms with van der Waals surface area (Å²) in [5.74, 6) is 2.00. The van der Waals surface area contributed by atoms with Crippen molar-refractivity contribution in [1.82, 2.24) is 5.32 Å². The fourth-order valence-corrected chi connectivity index (χ4v) is 4.27. The van der Waals surface area contributed by atoms with Crippen LogP contribution in [0.1, 0.15) is 31.0 Å². The van der Waals surface area contributed by atoms with Gasteiger partial charge in [0.1, 0.15) is 5.75 Å². The highest BCUT2D eigenvalue weighted by atomic mass is 79.9. The standard InChI is InChI=1S/C13H18BrNOS/c1-13(2)12(15-3)11-8(7-17-13)10(16-4)6-5-9(11)14/h5-6,12,15H,7H2,1-4H3. The second-order valence-electron chi connectivity index (χ2n) is 4.76. The Morgan fingerprint density at radius 1 is 1.47 bits per heavy atom. The molecule has 1 aromatic rings. The van der Waals surface area contributed by atoms with Crippen molar-refractivity contribution >= 4 is 27.7 Å². The summed E-state index contributed by atoms with van der Waals surface area (Å²) in [6.45, 7) is 4.57. The van der Waals surface area contributed by atoms with Crippen LogP contribution in [-0.4, -0.2) is 18.9 Å². The van der Waals surface area contributed by atoms with Crippen LogP contribution in [0.15, 0.2) is 16.6 Å². The molecular weight excluding hydrogens is 298 g/mol. The molecule has 2 rings (SSSR count). The molecule has 0 saturated carbocycles. The van der Waals surface area contributed by atoms with Crippen molar-refractivity contribution in [3.8, 4) is 5.75 Å². The molecule has 1 aromatic carbocycles. The largest absolute Gasteiger partial charge is 0.496 e. The van der Waals surface area contributed by atoms with E-state index >= 15 is 0 Å². The van der Waals surface area contributed by atoms with Gasteiger partial charge in [-0.05, 0) is 38.6 Å². The van der Waals surface area contributed by atoms with E-state index in [2.05, 4.69) is 41.2 Å². The van der Waals surface area contributed by atoms with Gasteiger partial charge in [0.15, 0.2) is 0 Å². The first kappa shape index (κ1) is 13.2. The minimum absolute atomic E-state index is 0.191. The fraction of sp³-hybridized carbons (Fsp3) is 0.538. The molecule has 4 heteroatoms. The minimum Gasteiger partial charge on any atom is -0.496 e. The highest BCUT2D eigenvalue weighted by Gasteiger charge is 2.38. The molecule has 17 heavy (non-hydrogen) atoms. The quantitative estimate of drug-likeness (QED) is 0.898. The molecule has 0 radical (unpaired) electrons. The predicted molar refractivity (Wildman–Crippen MR) is 77.9 cm³/mol. The van der Waals surface area contributed by atoms with Crippen molar-refractivity contribution in [3.05, 3.63) is 27.7 Å². The average molecular weight is 316 g/mol. The number of halogens is 1. The number of rotatable bonds is 2. The number of ether oxygens (including phenoxy) is 1. The van der Waals surface area contributed by atoms with Crippen LogP contribution in [0.5, 0.6) is 5.75 Å². The highest BCUT2D eigenvalue weighted by molar-refractivity contribution is 9.10. The first-order valence-corrected chi connectivity index (χ1v) is 7.45. The van der Waals surface area contributed by atoms with E-state index < -0.39 is 0 Å². The fourth-order valence-electron chi connectivity index (χ4n) is 2.45. The SMILES string of the molecule is CNC1c2c(Br)ccc(OC)c2CSC1(C)C. The first-order chi connectivity index (χ1) is 8.01. The Balaban J connectivity index is 2.60. The summed E-state index contributed by atoms with van der Waals surface area (Å²) in [6.07, 6.45) is 0. The molecule has 1 N–H and O–H groups in total. The zero-order valence-electron chi connectivity index (χ0n) is 10.6.